The molecule has 27 heavy (non-hydrogen) atoms. The van der Waals surface area contributed by atoms with Crippen LogP contribution in [0.2, 0.25) is 0 Å². The van der Waals surface area contributed by atoms with E-state index in [4.69, 9.17) is 5.73 Å². The minimum Gasteiger partial charge on any atom is -0.366 e. The van der Waals surface area contributed by atoms with Crippen LogP contribution in [0.3, 0.4) is 0 Å². The predicted molar refractivity (Wildman–Crippen MR) is 94.2 cm³/mol. The first-order chi connectivity index (χ1) is 12.8. The predicted octanol–water partition coefficient (Wildman–Crippen LogP) is 1.72. The van der Waals surface area contributed by atoms with Gasteiger partial charge < -0.3 is 11.1 Å². The fraction of sp³-hybridized carbons (Fsp3) is 0.111. The van der Waals surface area contributed by atoms with Crippen LogP contribution in [0.25, 0.3) is 10.9 Å². The number of fused-ring (bicyclic) bond motifs is 1. The third kappa shape index (κ3) is 3.66. The maximum absolute atomic E-state index is 13.9. The van der Waals surface area contributed by atoms with Gasteiger partial charge >= 0.3 is 0 Å². The third-order valence-corrected chi connectivity index (χ3v) is 4.00. The molecule has 0 fully saturated rings. The van der Waals surface area contributed by atoms with E-state index in [2.05, 4.69) is 10.3 Å². The Balaban J connectivity index is 1.89. The summed E-state index contributed by atoms with van der Waals surface area (Å²) in [6.07, 6.45) is 1.16. The first-order valence-corrected chi connectivity index (χ1v) is 7.81. The Kier molecular flexibility index (Phi) is 4.68. The Morgan fingerprint density at radius 3 is 2.67 bits per heavy atom. The van der Waals surface area contributed by atoms with Gasteiger partial charge in [0.05, 0.1) is 17.2 Å². The van der Waals surface area contributed by atoms with E-state index >= 15 is 0 Å². The van der Waals surface area contributed by atoms with E-state index in [1.165, 1.54) is 25.1 Å². The second-order valence-electron chi connectivity index (χ2n) is 5.88. The summed E-state index contributed by atoms with van der Waals surface area (Å²) in [6, 6.07) is 5.79. The van der Waals surface area contributed by atoms with Crippen molar-refractivity contribution < 1.29 is 18.4 Å². The molecule has 0 saturated carbocycles. The molecule has 3 N–H and O–H groups in total. The summed E-state index contributed by atoms with van der Waals surface area (Å²) in [5.41, 5.74) is 4.90. The van der Waals surface area contributed by atoms with Crippen LogP contribution in [-0.4, -0.2) is 21.4 Å². The van der Waals surface area contributed by atoms with Gasteiger partial charge in [-0.3, -0.25) is 19.0 Å². The molecule has 0 radical (unpaired) electrons. The van der Waals surface area contributed by atoms with Crippen LogP contribution in [0.4, 0.5) is 14.5 Å². The van der Waals surface area contributed by atoms with Crippen LogP contribution in [0.15, 0.2) is 41.5 Å². The van der Waals surface area contributed by atoms with Crippen molar-refractivity contribution >= 4 is 28.4 Å². The quantitative estimate of drug-likeness (QED) is 0.727. The van der Waals surface area contributed by atoms with Crippen molar-refractivity contribution in [2.45, 2.75) is 13.5 Å². The molecule has 138 valence electrons. The number of primary amides is 1. The molecular formula is C18H14F2N4O3. The zero-order valence-corrected chi connectivity index (χ0v) is 14.1. The fourth-order valence-electron chi connectivity index (χ4n) is 2.54. The maximum atomic E-state index is 13.9. The smallest absolute Gasteiger partial charge is 0.261 e. The van der Waals surface area contributed by atoms with Gasteiger partial charge in [-0.15, -0.1) is 0 Å². The van der Waals surface area contributed by atoms with E-state index in [0.29, 0.717) is 5.52 Å². The second-order valence-corrected chi connectivity index (χ2v) is 5.88. The highest BCUT2D eigenvalue weighted by Crippen LogP contribution is 2.20. The number of amides is 2. The molecule has 0 saturated heterocycles. The SMILES string of the molecule is Cc1c(F)cc(C(N)=O)cc1NC(=O)Cn1cnc2ccc(F)cc2c1=O. The number of aromatic nitrogens is 2. The molecule has 3 rings (SSSR count). The Morgan fingerprint density at radius 2 is 1.96 bits per heavy atom. The number of nitrogens with one attached hydrogen (secondary N) is 1. The lowest BCUT2D eigenvalue weighted by Gasteiger charge is -2.12. The molecule has 0 atom stereocenters. The van der Waals surface area contributed by atoms with Crippen molar-refractivity contribution in [3.05, 3.63) is 69.8 Å². The third-order valence-electron chi connectivity index (χ3n) is 4.00. The van der Waals surface area contributed by atoms with Crippen LogP contribution < -0.4 is 16.6 Å². The number of anilines is 1. The monoisotopic (exact) mass is 372 g/mol. The maximum Gasteiger partial charge on any atom is 0.261 e. The van der Waals surface area contributed by atoms with Crippen LogP contribution >= 0.6 is 0 Å². The average Bonchev–Trinajstić information content (AvgIpc) is 2.61. The highest BCUT2D eigenvalue weighted by Gasteiger charge is 2.14. The lowest BCUT2D eigenvalue weighted by molar-refractivity contribution is -0.116. The molecule has 9 heteroatoms. The van der Waals surface area contributed by atoms with Crippen molar-refractivity contribution in [2.75, 3.05) is 5.32 Å². The molecule has 2 aromatic carbocycles. The number of nitrogens with zero attached hydrogens (tertiary/aromatic N) is 2. The number of halogens is 2. The molecule has 7 nitrogen and oxygen atoms in total. The summed E-state index contributed by atoms with van der Waals surface area (Å²) in [6.45, 7) is 0.988. The van der Waals surface area contributed by atoms with Gasteiger partial charge in [-0.1, -0.05) is 0 Å². The Bertz CT molecular complexity index is 1140. The molecule has 0 aliphatic rings. The van der Waals surface area contributed by atoms with Crippen molar-refractivity contribution in [3.63, 3.8) is 0 Å². The van der Waals surface area contributed by atoms with Gasteiger partial charge in [0.15, 0.2) is 0 Å². The summed E-state index contributed by atoms with van der Waals surface area (Å²) in [5, 5.41) is 2.46. The van der Waals surface area contributed by atoms with Crippen molar-refractivity contribution in [1.29, 1.82) is 0 Å². The van der Waals surface area contributed by atoms with Gasteiger partial charge in [-0.2, -0.15) is 0 Å². The van der Waals surface area contributed by atoms with E-state index in [0.717, 1.165) is 23.0 Å². The average molecular weight is 372 g/mol. The fourth-order valence-corrected chi connectivity index (χ4v) is 2.54. The lowest BCUT2D eigenvalue weighted by Crippen LogP contribution is -2.28. The molecule has 2 amide bonds. The summed E-state index contributed by atoms with van der Waals surface area (Å²) < 4.78 is 28.2. The normalized spacial score (nSPS) is 10.8. The van der Waals surface area contributed by atoms with Gasteiger partial charge in [-0.25, -0.2) is 13.8 Å². The first kappa shape index (κ1) is 18.2. The summed E-state index contributed by atoms with van der Waals surface area (Å²) in [7, 11) is 0. The topological polar surface area (TPSA) is 107 Å². The van der Waals surface area contributed by atoms with Crippen molar-refractivity contribution in [3.8, 4) is 0 Å². The summed E-state index contributed by atoms with van der Waals surface area (Å²) >= 11 is 0. The number of carbonyl (C=O) groups is 2. The Labute approximate surface area is 151 Å². The van der Waals surface area contributed by atoms with Crippen LogP contribution in [0.5, 0.6) is 0 Å². The zero-order chi connectivity index (χ0) is 19.7. The number of rotatable bonds is 4. The molecule has 3 aromatic rings. The largest absolute Gasteiger partial charge is 0.366 e. The Morgan fingerprint density at radius 1 is 1.22 bits per heavy atom. The van der Waals surface area contributed by atoms with Crippen molar-refractivity contribution in [2.24, 2.45) is 5.73 Å². The second kappa shape index (κ2) is 6.94. The Hall–Kier alpha value is -3.62. The standard InChI is InChI=1S/C18H14F2N4O3/c1-9-13(20)4-10(17(21)26)5-15(9)23-16(25)7-24-8-22-14-3-2-11(19)6-12(14)18(24)27/h2-6,8H,7H2,1H3,(H2,21,26)(H,23,25). The van der Waals surface area contributed by atoms with Crippen molar-refractivity contribution in [1.82, 2.24) is 9.55 Å². The van der Waals surface area contributed by atoms with E-state index in [-0.39, 0.29) is 22.2 Å². The van der Waals surface area contributed by atoms with Crippen LogP contribution in [0, 0.1) is 18.6 Å². The number of nitrogens with two attached hydrogens (primary N) is 1. The van der Waals surface area contributed by atoms with E-state index in [1.807, 2.05) is 0 Å². The highest BCUT2D eigenvalue weighted by molar-refractivity contribution is 5.97. The molecule has 1 aromatic heterocycles. The summed E-state index contributed by atoms with van der Waals surface area (Å²) in [4.78, 5) is 39.9. The number of carbonyl (C=O) groups excluding carboxylic acids is 2. The minimum atomic E-state index is -0.846. The van der Waals surface area contributed by atoms with Gasteiger partial charge in [-0.05, 0) is 37.3 Å². The van der Waals surface area contributed by atoms with E-state index in [9.17, 15) is 23.2 Å². The molecule has 1 heterocycles. The zero-order valence-electron chi connectivity index (χ0n) is 14.1. The van der Waals surface area contributed by atoms with Gasteiger partial charge in [0.2, 0.25) is 11.8 Å². The van der Waals surface area contributed by atoms with Gasteiger partial charge in [0.25, 0.3) is 5.56 Å². The molecule has 0 bridgehead atoms. The number of hydrogen-bond acceptors (Lipinski definition) is 4. The molecule has 0 aliphatic carbocycles. The molecule has 0 spiro atoms. The minimum absolute atomic E-state index is 0.0308. The van der Waals surface area contributed by atoms with Gasteiger partial charge in [0.1, 0.15) is 18.2 Å². The van der Waals surface area contributed by atoms with Crippen LogP contribution in [-0.2, 0) is 11.3 Å². The number of benzene rings is 2. The lowest BCUT2D eigenvalue weighted by atomic mass is 10.1. The van der Waals surface area contributed by atoms with E-state index in [1.54, 1.807) is 0 Å². The molecule has 0 unspecified atom stereocenters. The number of hydrogen-bond donors (Lipinski definition) is 2. The highest BCUT2D eigenvalue weighted by atomic mass is 19.1. The summed E-state index contributed by atoms with van der Waals surface area (Å²) in [5.74, 6) is -2.81. The van der Waals surface area contributed by atoms with Gasteiger partial charge in [0, 0.05) is 16.8 Å². The van der Waals surface area contributed by atoms with Crippen LogP contribution in [0.1, 0.15) is 15.9 Å². The van der Waals surface area contributed by atoms with E-state index < -0.39 is 35.6 Å². The molecular weight excluding hydrogens is 358 g/mol. The first-order valence-electron chi connectivity index (χ1n) is 7.81. The molecule has 0 aliphatic heterocycles.